The Hall–Kier alpha value is -1.61. The van der Waals surface area contributed by atoms with Crippen LogP contribution in [0.5, 0.6) is 0 Å². The lowest BCUT2D eigenvalue weighted by atomic mass is 10.1. The van der Waals surface area contributed by atoms with Crippen molar-refractivity contribution < 1.29 is 26.4 Å². The van der Waals surface area contributed by atoms with Crippen LogP contribution in [0.2, 0.25) is 0 Å². The van der Waals surface area contributed by atoms with E-state index in [2.05, 4.69) is 5.32 Å². The minimum Gasteiger partial charge on any atom is -0.354 e. The Labute approximate surface area is 119 Å². The first-order valence-corrected chi connectivity index (χ1v) is 7.51. The second-order valence-electron chi connectivity index (χ2n) is 4.62. The molecule has 5 nitrogen and oxygen atoms in total. The lowest BCUT2D eigenvalue weighted by Crippen LogP contribution is -2.49. The second-order valence-corrected chi connectivity index (χ2v) is 6.52. The zero-order valence-corrected chi connectivity index (χ0v) is 11.9. The minimum absolute atomic E-state index is 0.0315. The highest BCUT2D eigenvalue weighted by Gasteiger charge is 2.36. The van der Waals surface area contributed by atoms with Crippen LogP contribution >= 0.6 is 0 Å². The summed E-state index contributed by atoms with van der Waals surface area (Å²) in [6, 6.07) is 3.00. The first-order valence-electron chi connectivity index (χ1n) is 6.07. The van der Waals surface area contributed by atoms with E-state index in [0.717, 1.165) is 29.4 Å². The van der Waals surface area contributed by atoms with Gasteiger partial charge >= 0.3 is 6.18 Å². The third-order valence-electron chi connectivity index (χ3n) is 3.21. The first-order chi connectivity index (χ1) is 9.64. The number of halogens is 3. The summed E-state index contributed by atoms with van der Waals surface area (Å²) in [6.45, 7) is 0.886. The number of piperazine rings is 1. The van der Waals surface area contributed by atoms with Crippen molar-refractivity contribution in [2.45, 2.75) is 18.0 Å². The van der Waals surface area contributed by atoms with Gasteiger partial charge in [0.25, 0.3) is 0 Å². The Morgan fingerprint density at radius 2 is 1.95 bits per heavy atom. The van der Waals surface area contributed by atoms with Gasteiger partial charge in [-0.3, -0.25) is 4.79 Å². The van der Waals surface area contributed by atoms with Crippen LogP contribution in [0.3, 0.4) is 0 Å². The molecule has 0 spiro atoms. The number of nitrogens with one attached hydrogen (secondary N) is 1. The lowest BCUT2D eigenvalue weighted by molar-refractivity contribution is -0.138. The highest BCUT2D eigenvalue weighted by atomic mass is 32.2. The van der Waals surface area contributed by atoms with Crippen molar-refractivity contribution in [3.63, 3.8) is 0 Å². The van der Waals surface area contributed by atoms with Crippen molar-refractivity contribution in [1.29, 1.82) is 0 Å². The Kier molecular flexibility index (Phi) is 3.98. The number of hydrogen-bond donors (Lipinski definition) is 1. The molecule has 1 aliphatic rings. The Morgan fingerprint density at radius 3 is 2.52 bits per heavy atom. The van der Waals surface area contributed by atoms with Crippen LogP contribution in [0.1, 0.15) is 11.1 Å². The summed E-state index contributed by atoms with van der Waals surface area (Å²) in [6.07, 6.45) is -4.63. The molecule has 21 heavy (non-hydrogen) atoms. The van der Waals surface area contributed by atoms with E-state index in [1.165, 1.54) is 0 Å². The van der Waals surface area contributed by atoms with E-state index in [4.69, 9.17) is 0 Å². The lowest BCUT2D eigenvalue weighted by Gasteiger charge is -2.27. The summed E-state index contributed by atoms with van der Waals surface area (Å²) in [7, 11) is -4.14. The van der Waals surface area contributed by atoms with Gasteiger partial charge in [-0.05, 0) is 24.6 Å². The molecule has 1 aromatic rings. The van der Waals surface area contributed by atoms with Crippen molar-refractivity contribution >= 4 is 15.9 Å². The number of alkyl halides is 3. The molecule has 0 atom stereocenters. The van der Waals surface area contributed by atoms with Gasteiger partial charge in [0, 0.05) is 13.1 Å². The van der Waals surface area contributed by atoms with Crippen molar-refractivity contribution in [3.05, 3.63) is 29.3 Å². The van der Waals surface area contributed by atoms with Gasteiger partial charge in [0.2, 0.25) is 15.9 Å². The molecule has 1 heterocycles. The fourth-order valence-electron chi connectivity index (χ4n) is 2.16. The average Bonchev–Trinajstić information content (AvgIpc) is 2.37. The van der Waals surface area contributed by atoms with Gasteiger partial charge in [-0.2, -0.15) is 17.5 Å². The molecule has 1 amide bonds. The van der Waals surface area contributed by atoms with Gasteiger partial charge in [0.15, 0.2) is 0 Å². The molecule has 116 valence electrons. The van der Waals surface area contributed by atoms with Gasteiger partial charge in [-0.25, -0.2) is 8.42 Å². The fraction of sp³-hybridized carbons (Fsp3) is 0.417. The summed E-state index contributed by atoms with van der Waals surface area (Å²) >= 11 is 0. The number of amides is 1. The molecule has 1 aromatic carbocycles. The van der Waals surface area contributed by atoms with E-state index < -0.39 is 39.1 Å². The number of sulfonamides is 1. The van der Waals surface area contributed by atoms with E-state index in [9.17, 15) is 26.4 Å². The largest absolute Gasteiger partial charge is 0.416 e. The summed E-state index contributed by atoms with van der Waals surface area (Å²) < 4.78 is 64.3. The van der Waals surface area contributed by atoms with Crippen LogP contribution in [0.4, 0.5) is 13.2 Å². The molecule has 0 saturated carbocycles. The molecule has 2 rings (SSSR count). The first kappa shape index (κ1) is 15.8. The summed E-state index contributed by atoms with van der Waals surface area (Å²) in [4.78, 5) is 10.8. The van der Waals surface area contributed by atoms with E-state index in [0.29, 0.717) is 0 Å². The number of benzene rings is 1. The molecular weight excluding hydrogens is 309 g/mol. The van der Waals surface area contributed by atoms with E-state index in [1.54, 1.807) is 0 Å². The summed E-state index contributed by atoms with van der Waals surface area (Å²) in [5.74, 6) is -0.477. The molecule has 0 unspecified atom stereocenters. The minimum atomic E-state index is -4.63. The zero-order valence-electron chi connectivity index (χ0n) is 11.1. The number of carbonyl (C=O) groups excluding carboxylic acids is 1. The smallest absolute Gasteiger partial charge is 0.354 e. The average molecular weight is 322 g/mol. The van der Waals surface area contributed by atoms with Gasteiger partial charge in [0.05, 0.1) is 17.0 Å². The van der Waals surface area contributed by atoms with Crippen molar-refractivity contribution in [3.8, 4) is 0 Å². The van der Waals surface area contributed by atoms with Crippen LogP contribution < -0.4 is 5.32 Å². The maximum Gasteiger partial charge on any atom is 0.416 e. The van der Waals surface area contributed by atoms with Crippen LogP contribution in [-0.4, -0.2) is 38.3 Å². The van der Waals surface area contributed by atoms with Gasteiger partial charge in [0.1, 0.15) is 0 Å². The van der Waals surface area contributed by atoms with E-state index >= 15 is 0 Å². The van der Waals surface area contributed by atoms with Crippen molar-refractivity contribution in [2.75, 3.05) is 19.6 Å². The van der Waals surface area contributed by atoms with Crippen LogP contribution in [-0.2, 0) is 21.0 Å². The Morgan fingerprint density at radius 1 is 1.29 bits per heavy atom. The van der Waals surface area contributed by atoms with E-state index in [1.807, 2.05) is 0 Å². The third kappa shape index (κ3) is 3.03. The Balaban J connectivity index is 2.48. The number of carbonyl (C=O) groups is 1. The highest BCUT2D eigenvalue weighted by Crippen LogP contribution is 2.34. The maximum absolute atomic E-state index is 12.8. The molecule has 1 aliphatic heterocycles. The van der Waals surface area contributed by atoms with Gasteiger partial charge in [-0.15, -0.1) is 0 Å². The fourth-order valence-corrected chi connectivity index (χ4v) is 3.80. The highest BCUT2D eigenvalue weighted by molar-refractivity contribution is 7.89. The molecule has 1 fully saturated rings. The third-order valence-corrected chi connectivity index (χ3v) is 5.20. The molecule has 0 aliphatic carbocycles. The zero-order chi connectivity index (χ0) is 15.8. The summed E-state index contributed by atoms with van der Waals surface area (Å²) in [5.41, 5.74) is -1.36. The molecular formula is C12H13F3N2O3S. The van der Waals surface area contributed by atoms with Crippen LogP contribution in [0.25, 0.3) is 0 Å². The normalized spacial score (nSPS) is 17.6. The number of rotatable bonds is 2. The molecule has 0 bridgehead atoms. The maximum atomic E-state index is 12.8. The number of hydrogen-bond acceptors (Lipinski definition) is 3. The van der Waals surface area contributed by atoms with E-state index in [-0.39, 0.29) is 18.7 Å². The van der Waals surface area contributed by atoms with Crippen LogP contribution in [0, 0.1) is 6.92 Å². The predicted octanol–water partition coefficient (Wildman–Crippen LogP) is 1.13. The monoisotopic (exact) mass is 322 g/mol. The summed E-state index contributed by atoms with van der Waals surface area (Å²) in [5, 5.41) is 2.46. The quantitative estimate of drug-likeness (QED) is 0.888. The Bertz CT molecular complexity index is 671. The van der Waals surface area contributed by atoms with Crippen LogP contribution in [0.15, 0.2) is 23.1 Å². The van der Waals surface area contributed by atoms with Gasteiger partial charge < -0.3 is 5.32 Å². The van der Waals surface area contributed by atoms with Gasteiger partial charge in [-0.1, -0.05) is 6.07 Å². The second kappa shape index (κ2) is 5.30. The van der Waals surface area contributed by atoms with Crippen molar-refractivity contribution in [2.24, 2.45) is 0 Å². The topological polar surface area (TPSA) is 66.5 Å². The molecule has 0 aromatic heterocycles. The molecule has 1 saturated heterocycles. The predicted molar refractivity (Wildman–Crippen MR) is 67.9 cm³/mol. The standard InChI is InChI=1S/C12H13F3N2O3S/c1-8-9(12(13,14)15)3-2-4-10(8)21(19,20)17-6-5-16-11(18)7-17/h2-4H,5-7H2,1H3,(H,16,18). The van der Waals surface area contributed by atoms with Crippen molar-refractivity contribution in [1.82, 2.24) is 9.62 Å². The molecule has 1 N–H and O–H groups in total. The molecule has 9 heteroatoms. The number of nitrogens with zero attached hydrogens (tertiary/aromatic N) is 1. The molecule has 0 radical (unpaired) electrons. The SMILES string of the molecule is Cc1c(C(F)(F)F)cccc1S(=O)(=O)N1CCNC(=O)C1.